The third-order valence-electron chi connectivity index (χ3n) is 3.70. The number of hydrogen-bond acceptors (Lipinski definition) is 4. The number of sulfonamides is 1. The molecule has 0 spiro atoms. The number of likely N-dealkylation sites (N-methyl/N-ethyl adjacent to an activating group) is 1. The Balaban J connectivity index is 1.91. The summed E-state index contributed by atoms with van der Waals surface area (Å²) in [6, 6.07) is 0.331. The lowest BCUT2D eigenvalue weighted by Gasteiger charge is -2.33. The fourth-order valence-corrected chi connectivity index (χ4v) is 4.03. The van der Waals surface area contributed by atoms with E-state index in [1.165, 1.54) is 4.31 Å². The van der Waals surface area contributed by atoms with Crippen molar-refractivity contribution in [2.75, 3.05) is 39.0 Å². The number of likely N-dealkylation sites (tertiary alicyclic amines) is 1. The van der Waals surface area contributed by atoms with Gasteiger partial charge in [-0.3, -0.25) is 4.79 Å². The molecule has 1 atom stereocenters. The number of piperidine rings is 1. The molecule has 2 aliphatic heterocycles. The average Bonchev–Trinajstić information content (AvgIpc) is 2.69. The molecule has 0 aliphatic carbocycles. The molecule has 0 radical (unpaired) electrons. The first-order valence-electron chi connectivity index (χ1n) is 6.46. The highest BCUT2D eigenvalue weighted by molar-refractivity contribution is 7.89. The fraction of sp³-hybridized carbons (Fsp3) is 0.909. The second kappa shape index (κ2) is 5.54. The largest absolute Gasteiger partial charge is 0.340 e. The van der Waals surface area contributed by atoms with E-state index in [4.69, 9.17) is 0 Å². The van der Waals surface area contributed by atoms with Gasteiger partial charge in [-0.25, -0.2) is 8.42 Å². The van der Waals surface area contributed by atoms with Crippen molar-refractivity contribution < 1.29 is 13.2 Å². The predicted octanol–water partition coefficient (Wildman–Crippen LogP) is -0.768. The van der Waals surface area contributed by atoms with Crippen LogP contribution in [0, 0.1) is 0 Å². The van der Waals surface area contributed by atoms with E-state index in [0.717, 1.165) is 19.4 Å². The molecule has 0 aromatic rings. The Morgan fingerprint density at radius 3 is 2.72 bits per heavy atom. The average molecular weight is 275 g/mol. The molecule has 2 saturated heterocycles. The van der Waals surface area contributed by atoms with Gasteiger partial charge in [-0.2, -0.15) is 4.31 Å². The second-order valence-corrected chi connectivity index (χ2v) is 7.06. The molecule has 0 aromatic heterocycles. The number of rotatable bonds is 3. The molecule has 1 unspecified atom stereocenters. The Morgan fingerprint density at radius 1 is 1.33 bits per heavy atom. The predicted molar refractivity (Wildman–Crippen MR) is 68.6 cm³/mol. The highest BCUT2D eigenvalue weighted by Crippen LogP contribution is 2.15. The Hall–Kier alpha value is -0.660. The van der Waals surface area contributed by atoms with Crippen LogP contribution in [0.25, 0.3) is 0 Å². The first kappa shape index (κ1) is 13.8. The molecule has 2 aliphatic rings. The molecule has 18 heavy (non-hydrogen) atoms. The van der Waals surface area contributed by atoms with E-state index in [2.05, 4.69) is 5.32 Å². The maximum Gasteiger partial charge on any atom is 0.237 e. The van der Waals surface area contributed by atoms with Crippen LogP contribution in [0.15, 0.2) is 0 Å². The number of carbonyl (C=O) groups excluding carboxylic acids is 1. The molecule has 0 aromatic carbocycles. The Morgan fingerprint density at radius 2 is 2.11 bits per heavy atom. The number of nitrogens with zero attached hydrogens (tertiary/aromatic N) is 2. The van der Waals surface area contributed by atoms with Gasteiger partial charge in [0.1, 0.15) is 0 Å². The molecule has 1 N–H and O–H groups in total. The van der Waals surface area contributed by atoms with Crippen LogP contribution >= 0.6 is 0 Å². The summed E-state index contributed by atoms with van der Waals surface area (Å²) in [6.07, 6.45) is 2.68. The van der Waals surface area contributed by atoms with Crippen molar-refractivity contribution in [3.63, 3.8) is 0 Å². The standard InChI is InChI=1S/C11H21N3O3S/c1-12-10-4-2-5-13(8-10)11(15)9-14-6-3-7-18(14,16)17/h10,12H,2-9H2,1H3. The molecule has 0 bridgehead atoms. The lowest BCUT2D eigenvalue weighted by molar-refractivity contribution is -0.132. The fourth-order valence-electron chi connectivity index (χ4n) is 2.56. The number of carbonyl (C=O) groups is 1. The number of hydrogen-bond donors (Lipinski definition) is 1. The molecule has 0 saturated carbocycles. The van der Waals surface area contributed by atoms with Crippen molar-refractivity contribution in [3.05, 3.63) is 0 Å². The van der Waals surface area contributed by atoms with Crippen molar-refractivity contribution >= 4 is 15.9 Å². The van der Waals surface area contributed by atoms with Crippen molar-refractivity contribution in [3.8, 4) is 0 Å². The molecule has 1 amide bonds. The van der Waals surface area contributed by atoms with Crippen LogP contribution < -0.4 is 5.32 Å². The van der Waals surface area contributed by atoms with Gasteiger partial charge in [0.15, 0.2) is 0 Å². The van der Waals surface area contributed by atoms with Crippen molar-refractivity contribution in [1.29, 1.82) is 0 Å². The maximum absolute atomic E-state index is 12.1. The van der Waals surface area contributed by atoms with E-state index in [1.807, 2.05) is 7.05 Å². The minimum atomic E-state index is -3.17. The zero-order chi connectivity index (χ0) is 13.2. The van der Waals surface area contributed by atoms with Gasteiger partial charge < -0.3 is 10.2 Å². The minimum absolute atomic E-state index is 0.0127. The van der Waals surface area contributed by atoms with Gasteiger partial charge in [-0.15, -0.1) is 0 Å². The van der Waals surface area contributed by atoms with Crippen molar-refractivity contribution in [1.82, 2.24) is 14.5 Å². The monoisotopic (exact) mass is 275 g/mol. The van der Waals surface area contributed by atoms with Gasteiger partial charge in [0.05, 0.1) is 12.3 Å². The normalized spacial score (nSPS) is 28.5. The summed E-state index contributed by atoms with van der Waals surface area (Å²) < 4.78 is 24.6. The van der Waals surface area contributed by atoms with E-state index in [9.17, 15) is 13.2 Å². The van der Waals surface area contributed by atoms with Crippen LogP contribution in [0.5, 0.6) is 0 Å². The van der Waals surface area contributed by atoms with Crippen molar-refractivity contribution in [2.24, 2.45) is 0 Å². The summed E-state index contributed by atoms with van der Waals surface area (Å²) in [5, 5.41) is 3.17. The zero-order valence-corrected chi connectivity index (χ0v) is 11.6. The van der Waals surface area contributed by atoms with Crippen LogP contribution in [0.3, 0.4) is 0 Å². The molecule has 2 fully saturated rings. The summed E-state index contributed by atoms with van der Waals surface area (Å²) in [5.41, 5.74) is 0. The number of nitrogens with one attached hydrogen (secondary N) is 1. The summed E-state index contributed by atoms with van der Waals surface area (Å²) in [5.74, 6) is 0.111. The Kier molecular flexibility index (Phi) is 4.24. The molecule has 2 heterocycles. The first-order chi connectivity index (χ1) is 8.53. The highest BCUT2D eigenvalue weighted by atomic mass is 32.2. The first-order valence-corrected chi connectivity index (χ1v) is 8.07. The van der Waals surface area contributed by atoms with Crippen LogP contribution in [0.2, 0.25) is 0 Å². The zero-order valence-electron chi connectivity index (χ0n) is 10.8. The lowest BCUT2D eigenvalue weighted by atomic mass is 10.1. The van der Waals surface area contributed by atoms with E-state index in [1.54, 1.807) is 4.90 Å². The van der Waals surface area contributed by atoms with Crippen LogP contribution in [-0.4, -0.2) is 68.6 Å². The third kappa shape index (κ3) is 3.02. The third-order valence-corrected chi connectivity index (χ3v) is 5.60. The van der Waals surface area contributed by atoms with Gasteiger partial charge in [0.25, 0.3) is 0 Å². The summed E-state index contributed by atoms with van der Waals surface area (Å²) in [7, 11) is -1.28. The lowest BCUT2D eigenvalue weighted by Crippen LogP contribution is -2.50. The molecular weight excluding hydrogens is 254 g/mol. The van der Waals surface area contributed by atoms with E-state index < -0.39 is 10.0 Å². The summed E-state index contributed by atoms with van der Waals surface area (Å²) in [4.78, 5) is 13.9. The molecule has 6 nitrogen and oxygen atoms in total. The minimum Gasteiger partial charge on any atom is -0.340 e. The van der Waals surface area contributed by atoms with E-state index in [0.29, 0.717) is 25.6 Å². The maximum atomic E-state index is 12.1. The van der Waals surface area contributed by atoms with Crippen LogP contribution in [-0.2, 0) is 14.8 Å². The van der Waals surface area contributed by atoms with Gasteiger partial charge in [0, 0.05) is 25.7 Å². The van der Waals surface area contributed by atoms with Gasteiger partial charge in [-0.05, 0) is 26.3 Å². The summed E-state index contributed by atoms with van der Waals surface area (Å²) >= 11 is 0. The van der Waals surface area contributed by atoms with Crippen LogP contribution in [0.1, 0.15) is 19.3 Å². The Labute approximate surface area is 108 Å². The molecule has 104 valence electrons. The second-order valence-electron chi connectivity index (χ2n) is 4.97. The smallest absolute Gasteiger partial charge is 0.237 e. The Bertz CT molecular complexity index is 410. The topological polar surface area (TPSA) is 69.7 Å². The molecule has 2 rings (SSSR count). The van der Waals surface area contributed by atoms with Crippen LogP contribution in [0.4, 0.5) is 0 Å². The van der Waals surface area contributed by atoms with E-state index in [-0.39, 0.29) is 18.2 Å². The number of amides is 1. The highest BCUT2D eigenvalue weighted by Gasteiger charge is 2.32. The van der Waals surface area contributed by atoms with Gasteiger partial charge in [0.2, 0.25) is 15.9 Å². The van der Waals surface area contributed by atoms with Gasteiger partial charge >= 0.3 is 0 Å². The SMILES string of the molecule is CNC1CCCN(C(=O)CN2CCCS2(=O)=O)C1. The quantitative estimate of drug-likeness (QED) is 0.734. The van der Waals surface area contributed by atoms with Crippen molar-refractivity contribution in [2.45, 2.75) is 25.3 Å². The molecule has 7 heteroatoms. The molecular formula is C11H21N3O3S. The summed E-state index contributed by atoms with van der Waals surface area (Å²) in [6.45, 7) is 1.92. The van der Waals surface area contributed by atoms with E-state index >= 15 is 0 Å². The van der Waals surface area contributed by atoms with Gasteiger partial charge in [-0.1, -0.05) is 0 Å².